The molecule has 26 heavy (non-hydrogen) atoms. The molecule has 1 heterocycles. The number of para-hydroxylation sites is 2. The van der Waals surface area contributed by atoms with Gasteiger partial charge in [0.15, 0.2) is 5.75 Å². The lowest BCUT2D eigenvalue weighted by molar-refractivity contribution is -0.385. The lowest BCUT2D eigenvalue weighted by Gasteiger charge is -2.19. The standard InChI is InChI=1S/C18H18FN3O4/c19-18-13-7-9-20-11-12(13)5-6-14(18)21-17(23)8-10-26-16-4-2-1-3-15(16)22(24)25/h1-6,20H,7-11H2,(H,21,23). The number of nitro groups is 1. The third-order valence-corrected chi connectivity index (χ3v) is 4.13. The summed E-state index contributed by atoms with van der Waals surface area (Å²) >= 11 is 0. The van der Waals surface area contributed by atoms with Crippen molar-refractivity contribution in [2.45, 2.75) is 19.4 Å². The fraction of sp³-hybridized carbons (Fsp3) is 0.278. The van der Waals surface area contributed by atoms with Crippen LogP contribution in [0, 0.1) is 15.9 Å². The molecule has 0 unspecified atom stereocenters. The molecule has 0 bridgehead atoms. The Hall–Kier alpha value is -3.00. The Labute approximate surface area is 149 Å². The molecule has 0 saturated heterocycles. The number of nitro benzene ring substituents is 1. The van der Waals surface area contributed by atoms with Gasteiger partial charge in [0.1, 0.15) is 5.82 Å². The molecule has 0 spiro atoms. The molecule has 0 radical (unpaired) electrons. The number of anilines is 1. The van der Waals surface area contributed by atoms with Crippen molar-refractivity contribution in [3.8, 4) is 5.75 Å². The maximum Gasteiger partial charge on any atom is 0.310 e. The fourth-order valence-electron chi connectivity index (χ4n) is 2.83. The van der Waals surface area contributed by atoms with E-state index in [-0.39, 0.29) is 30.2 Å². The third kappa shape index (κ3) is 3.97. The van der Waals surface area contributed by atoms with E-state index in [1.54, 1.807) is 18.2 Å². The van der Waals surface area contributed by atoms with Gasteiger partial charge in [-0.15, -0.1) is 0 Å². The summed E-state index contributed by atoms with van der Waals surface area (Å²) in [5.41, 5.74) is 1.49. The quantitative estimate of drug-likeness (QED) is 0.611. The second-order valence-electron chi connectivity index (χ2n) is 5.86. The summed E-state index contributed by atoms with van der Waals surface area (Å²) in [5, 5.41) is 16.6. The van der Waals surface area contributed by atoms with Crippen molar-refractivity contribution in [3.05, 3.63) is 63.5 Å². The van der Waals surface area contributed by atoms with Crippen LogP contribution >= 0.6 is 0 Å². The monoisotopic (exact) mass is 359 g/mol. The van der Waals surface area contributed by atoms with Gasteiger partial charge >= 0.3 is 5.69 Å². The molecule has 0 aliphatic carbocycles. The highest BCUT2D eigenvalue weighted by Crippen LogP contribution is 2.26. The second kappa shape index (κ2) is 7.92. The average Bonchev–Trinajstić information content (AvgIpc) is 2.64. The smallest absolute Gasteiger partial charge is 0.310 e. The van der Waals surface area contributed by atoms with Crippen LogP contribution in [-0.4, -0.2) is 24.0 Å². The minimum absolute atomic E-state index is 0.0484. The van der Waals surface area contributed by atoms with Crippen molar-refractivity contribution in [3.63, 3.8) is 0 Å². The van der Waals surface area contributed by atoms with Crippen LogP contribution in [0.1, 0.15) is 17.5 Å². The van der Waals surface area contributed by atoms with Crippen LogP contribution in [0.15, 0.2) is 36.4 Å². The zero-order chi connectivity index (χ0) is 18.5. The lowest BCUT2D eigenvalue weighted by atomic mass is 9.99. The average molecular weight is 359 g/mol. The van der Waals surface area contributed by atoms with Gasteiger partial charge in [0.05, 0.1) is 23.6 Å². The number of carbonyl (C=O) groups is 1. The van der Waals surface area contributed by atoms with Crippen LogP contribution in [0.4, 0.5) is 15.8 Å². The van der Waals surface area contributed by atoms with E-state index in [1.165, 1.54) is 18.2 Å². The molecule has 7 nitrogen and oxygen atoms in total. The first kappa shape index (κ1) is 17.8. The summed E-state index contributed by atoms with van der Waals surface area (Å²) in [6.45, 7) is 1.27. The molecule has 0 fully saturated rings. The first-order valence-electron chi connectivity index (χ1n) is 8.23. The number of hydrogen-bond acceptors (Lipinski definition) is 5. The minimum Gasteiger partial charge on any atom is -0.486 e. The summed E-state index contributed by atoms with van der Waals surface area (Å²) in [4.78, 5) is 22.4. The number of nitrogens with zero attached hydrogens (tertiary/aromatic N) is 1. The highest BCUT2D eigenvalue weighted by atomic mass is 19.1. The van der Waals surface area contributed by atoms with E-state index in [0.29, 0.717) is 25.1 Å². The van der Waals surface area contributed by atoms with Crippen molar-refractivity contribution in [1.82, 2.24) is 5.32 Å². The molecular formula is C18H18FN3O4. The van der Waals surface area contributed by atoms with Gasteiger partial charge in [-0.3, -0.25) is 14.9 Å². The van der Waals surface area contributed by atoms with E-state index in [2.05, 4.69) is 10.6 Å². The zero-order valence-electron chi connectivity index (χ0n) is 14.0. The zero-order valence-corrected chi connectivity index (χ0v) is 14.0. The highest BCUT2D eigenvalue weighted by Gasteiger charge is 2.18. The number of amides is 1. The van der Waals surface area contributed by atoms with Crippen LogP contribution in [-0.2, 0) is 17.8 Å². The summed E-state index contributed by atoms with van der Waals surface area (Å²) in [5.74, 6) is -0.730. The Morgan fingerprint density at radius 2 is 2.12 bits per heavy atom. The molecule has 2 aromatic carbocycles. The molecule has 0 aromatic heterocycles. The van der Waals surface area contributed by atoms with E-state index in [9.17, 15) is 19.3 Å². The second-order valence-corrected chi connectivity index (χ2v) is 5.86. The maximum absolute atomic E-state index is 14.5. The first-order chi connectivity index (χ1) is 12.6. The van der Waals surface area contributed by atoms with Gasteiger partial charge in [0, 0.05) is 12.6 Å². The number of nitrogens with one attached hydrogen (secondary N) is 2. The van der Waals surface area contributed by atoms with Gasteiger partial charge in [0.25, 0.3) is 0 Å². The normalized spacial score (nSPS) is 13.0. The number of hydrogen-bond donors (Lipinski definition) is 2. The van der Waals surface area contributed by atoms with Gasteiger partial charge in [-0.25, -0.2) is 4.39 Å². The van der Waals surface area contributed by atoms with Crippen molar-refractivity contribution < 1.29 is 18.8 Å². The van der Waals surface area contributed by atoms with Crippen LogP contribution in [0.3, 0.4) is 0 Å². The molecule has 1 amide bonds. The van der Waals surface area contributed by atoms with Gasteiger partial charge in [-0.05, 0) is 36.2 Å². The molecule has 1 aliphatic heterocycles. The number of carbonyl (C=O) groups excluding carboxylic acids is 1. The number of fused-ring (bicyclic) bond motifs is 1. The van der Waals surface area contributed by atoms with E-state index in [4.69, 9.17) is 4.74 Å². The molecular weight excluding hydrogens is 341 g/mol. The Morgan fingerprint density at radius 3 is 2.92 bits per heavy atom. The van der Waals surface area contributed by atoms with Crippen LogP contribution in [0.2, 0.25) is 0 Å². The largest absolute Gasteiger partial charge is 0.486 e. The molecule has 3 rings (SSSR count). The van der Waals surface area contributed by atoms with Crippen molar-refractivity contribution in [1.29, 1.82) is 0 Å². The molecule has 1 aliphatic rings. The van der Waals surface area contributed by atoms with Gasteiger partial charge in [-0.1, -0.05) is 18.2 Å². The molecule has 8 heteroatoms. The Bertz CT molecular complexity index is 841. The Kier molecular flexibility index (Phi) is 5.43. The van der Waals surface area contributed by atoms with E-state index >= 15 is 0 Å². The summed E-state index contributed by atoms with van der Waals surface area (Å²) in [7, 11) is 0. The van der Waals surface area contributed by atoms with Crippen molar-refractivity contribution >= 4 is 17.3 Å². The van der Waals surface area contributed by atoms with Crippen LogP contribution in [0.25, 0.3) is 0 Å². The lowest BCUT2D eigenvalue weighted by Crippen LogP contribution is -2.25. The summed E-state index contributed by atoms with van der Waals surface area (Å²) < 4.78 is 19.8. The van der Waals surface area contributed by atoms with E-state index in [0.717, 1.165) is 5.56 Å². The third-order valence-electron chi connectivity index (χ3n) is 4.13. The van der Waals surface area contributed by atoms with E-state index in [1.807, 2.05) is 0 Å². The molecule has 0 atom stereocenters. The Morgan fingerprint density at radius 1 is 1.31 bits per heavy atom. The van der Waals surface area contributed by atoms with Gasteiger partial charge < -0.3 is 15.4 Å². The topological polar surface area (TPSA) is 93.5 Å². The van der Waals surface area contributed by atoms with Crippen molar-refractivity contribution in [2.75, 3.05) is 18.5 Å². The Balaban J connectivity index is 1.58. The molecule has 2 aromatic rings. The molecule has 2 N–H and O–H groups in total. The van der Waals surface area contributed by atoms with Gasteiger partial charge in [0.2, 0.25) is 5.91 Å². The fourth-order valence-corrected chi connectivity index (χ4v) is 2.83. The number of halogens is 1. The maximum atomic E-state index is 14.5. The van der Waals surface area contributed by atoms with Crippen molar-refractivity contribution in [2.24, 2.45) is 0 Å². The number of ether oxygens (including phenoxy) is 1. The van der Waals surface area contributed by atoms with Gasteiger partial charge in [-0.2, -0.15) is 0 Å². The SMILES string of the molecule is O=C(CCOc1ccccc1[N+](=O)[O-])Nc1ccc2c(c1F)CCNC2. The van der Waals surface area contributed by atoms with Crippen LogP contribution in [0.5, 0.6) is 5.75 Å². The highest BCUT2D eigenvalue weighted by molar-refractivity contribution is 5.91. The van der Waals surface area contributed by atoms with Crippen LogP contribution < -0.4 is 15.4 Å². The minimum atomic E-state index is -0.549. The first-order valence-corrected chi connectivity index (χ1v) is 8.23. The molecule has 0 saturated carbocycles. The predicted molar refractivity (Wildman–Crippen MR) is 93.6 cm³/mol. The van der Waals surface area contributed by atoms with E-state index < -0.39 is 16.6 Å². The summed E-state index contributed by atoms with van der Waals surface area (Å²) in [6.07, 6.45) is 0.524. The number of rotatable bonds is 6. The summed E-state index contributed by atoms with van der Waals surface area (Å²) in [6, 6.07) is 9.28. The molecule has 136 valence electrons. The predicted octanol–water partition coefficient (Wildman–Crippen LogP) is 2.79. The number of benzene rings is 2.